The van der Waals surface area contributed by atoms with Crippen LogP contribution in [-0.4, -0.2) is 44.6 Å². The van der Waals surface area contributed by atoms with Gasteiger partial charge >= 0.3 is 0 Å². The van der Waals surface area contributed by atoms with E-state index in [1.165, 1.54) is 11.8 Å². The van der Waals surface area contributed by atoms with Crippen molar-refractivity contribution >= 4 is 35.0 Å². The molecule has 1 N–H and O–H groups in total. The van der Waals surface area contributed by atoms with E-state index in [-0.39, 0.29) is 5.91 Å². The Morgan fingerprint density at radius 3 is 2.71 bits per heavy atom. The minimum atomic E-state index is -0.426. The average Bonchev–Trinajstić information content (AvgIpc) is 3.16. The summed E-state index contributed by atoms with van der Waals surface area (Å²) in [5, 5.41) is 15.3. The van der Waals surface area contributed by atoms with Crippen LogP contribution in [0.25, 0.3) is 5.69 Å². The van der Waals surface area contributed by atoms with Gasteiger partial charge in [-0.25, -0.2) is 0 Å². The lowest BCUT2D eigenvalue weighted by atomic mass is 10.2. The maximum atomic E-state index is 12.6. The highest BCUT2D eigenvalue weighted by Crippen LogP contribution is 2.33. The summed E-state index contributed by atoms with van der Waals surface area (Å²) in [6, 6.07) is 12.4. The predicted octanol–water partition coefficient (Wildman–Crippen LogP) is 3.21. The molecule has 144 valence electrons. The van der Waals surface area contributed by atoms with E-state index >= 15 is 0 Å². The number of aromatic nitrogens is 4. The smallest absolute Gasteiger partial charge is 0.237 e. The molecule has 4 rings (SSSR count). The minimum absolute atomic E-state index is 0.174. The number of tetrazole rings is 1. The zero-order valence-corrected chi connectivity index (χ0v) is 16.4. The molecule has 2 aromatic carbocycles. The van der Waals surface area contributed by atoms with Crippen LogP contribution in [0.5, 0.6) is 11.5 Å². The second kappa shape index (κ2) is 8.07. The number of anilines is 1. The second-order valence-corrected chi connectivity index (χ2v) is 7.70. The molecule has 3 aromatic rings. The molecule has 1 aliphatic heterocycles. The first-order valence-corrected chi connectivity index (χ1v) is 9.77. The van der Waals surface area contributed by atoms with E-state index in [9.17, 15) is 4.79 Å². The number of carbonyl (C=O) groups is 1. The number of benzene rings is 2. The Morgan fingerprint density at radius 1 is 1.18 bits per heavy atom. The highest BCUT2D eigenvalue weighted by Gasteiger charge is 2.20. The van der Waals surface area contributed by atoms with Gasteiger partial charge < -0.3 is 14.8 Å². The van der Waals surface area contributed by atoms with Crippen LogP contribution in [0.1, 0.15) is 6.92 Å². The Labute approximate surface area is 170 Å². The Balaban J connectivity index is 1.44. The van der Waals surface area contributed by atoms with Crippen LogP contribution < -0.4 is 14.8 Å². The molecule has 0 spiro atoms. The van der Waals surface area contributed by atoms with Crippen molar-refractivity contribution in [2.45, 2.75) is 17.3 Å². The van der Waals surface area contributed by atoms with E-state index in [4.69, 9.17) is 21.1 Å². The van der Waals surface area contributed by atoms with Crippen molar-refractivity contribution in [3.63, 3.8) is 0 Å². The number of hydrogen-bond acceptors (Lipinski definition) is 7. The number of halogens is 1. The number of hydrogen-bond donors (Lipinski definition) is 1. The Morgan fingerprint density at radius 2 is 1.93 bits per heavy atom. The summed E-state index contributed by atoms with van der Waals surface area (Å²) in [6.45, 7) is 2.80. The summed E-state index contributed by atoms with van der Waals surface area (Å²) >= 11 is 7.18. The van der Waals surface area contributed by atoms with E-state index in [0.29, 0.717) is 40.6 Å². The molecule has 1 atom stereocenters. The van der Waals surface area contributed by atoms with Gasteiger partial charge in [-0.3, -0.25) is 4.79 Å². The standard InChI is InChI=1S/C18H16ClN5O3S/c1-11(17(25)20-13-4-7-15-16(10-13)27-9-8-26-15)28-18-21-22-23-24(18)14-5-2-12(19)3-6-14/h2-7,10-11H,8-9H2,1H3,(H,20,25)/t11-/m1/s1. The molecule has 1 aromatic heterocycles. The SMILES string of the molecule is C[C@@H](Sc1nnnn1-c1ccc(Cl)cc1)C(=O)Nc1ccc2c(c1)OCCO2. The zero-order valence-electron chi connectivity index (χ0n) is 14.8. The van der Waals surface area contributed by atoms with Gasteiger partial charge in [0.25, 0.3) is 0 Å². The van der Waals surface area contributed by atoms with E-state index < -0.39 is 5.25 Å². The van der Waals surface area contributed by atoms with Gasteiger partial charge in [-0.05, 0) is 53.7 Å². The zero-order chi connectivity index (χ0) is 19.5. The third kappa shape index (κ3) is 4.05. The molecule has 0 unspecified atom stereocenters. The van der Waals surface area contributed by atoms with Crippen molar-refractivity contribution < 1.29 is 14.3 Å². The first-order valence-electron chi connectivity index (χ1n) is 8.51. The topological polar surface area (TPSA) is 91.2 Å². The van der Waals surface area contributed by atoms with Crippen LogP contribution in [0.2, 0.25) is 5.02 Å². The predicted molar refractivity (Wildman–Crippen MR) is 106 cm³/mol. The molecule has 0 saturated heterocycles. The Bertz CT molecular complexity index is 995. The first-order chi connectivity index (χ1) is 13.6. The van der Waals surface area contributed by atoms with E-state index in [0.717, 1.165) is 5.69 Å². The molecular weight excluding hydrogens is 402 g/mol. The second-order valence-electron chi connectivity index (χ2n) is 5.96. The molecule has 0 bridgehead atoms. The van der Waals surface area contributed by atoms with Gasteiger partial charge in [0.1, 0.15) is 13.2 Å². The van der Waals surface area contributed by atoms with Gasteiger partial charge in [0.05, 0.1) is 10.9 Å². The largest absolute Gasteiger partial charge is 0.486 e. The molecule has 2 heterocycles. The number of amides is 1. The molecule has 1 amide bonds. The molecule has 1 aliphatic rings. The highest BCUT2D eigenvalue weighted by atomic mass is 35.5. The normalized spacial score (nSPS) is 13.8. The van der Waals surface area contributed by atoms with Crippen LogP contribution in [-0.2, 0) is 4.79 Å². The van der Waals surface area contributed by atoms with Crippen molar-refractivity contribution in [3.8, 4) is 17.2 Å². The quantitative estimate of drug-likeness (QED) is 0.637. The van der Waals surface area contributed by atoms with Gasteiger partial charge in [0.15, 0.2) is 11.5 Å². The Kier molecular flexibility index (Phi) is 5.36. The first kappa shape index (κ1) is 18.6. The number of carbonyl (C=O) groups excluding carboxylic acids is 1. The average molecular weight is 418 g/mol. The summed E-state index contributed by atoms with van der Waals surface area (Å²) in [5.41, 5.74) is 1.40. The van der Waals surface area contributed by atoms with Gasteiger partial charge in [-0.1, -0.05) is 23.4 Å². The van der Waals surface area contributed by atoms with Gasteiger partial charge in [-0.2, -0.15) is 4.68 Å². The molecule has 0 radical (unpaired) electrons. The number of nitrogens with one attached hydrogen (secondary N) is 1. The number of nitrogens with zero attached hydrogens (tertiary/aromatic N) is 4. The third-order valence-electron chi connectivity index (χ3n) is 3.97. The summed E-state index contributed by atoms with van der Waals surface area (Å²) < 4.78 is 12.6. The fourth-order valence-electron chi connectivity index (χ4n) is 2.57. The van der Waals surface area contributed by atoms with E-state index in [2.05, 4.69) is 20.8 Å². The van der Waals surface area contributed by atoms with Gasteiger partial charge in [0.2, 0.25) is 11.1 Å². The van der Waals surface area contributed by atoms with E-state index in [1.807, 2.05) is 12.1 Å². The van der Waals surface area contributed by atoms with Gasteiger partial charge in [-0.15, -0.1) is 5.10 Å². The maximum absolute atomic E-state index is 12.6. The van der Waals surface area contributed by atoms with Crippen molar-refractivity contribution in [1.29, 1.82) is 0 Å². The lowest BCUT2D eigenvalue weighted by molar-refractivity contribution is -0.115. The number of fused-ring (bicyclic) bond motifs is 1. The monoisotopic (exact) mass is 417 g/mol. The van der Waals surface area contributed by atoms with Crippen molar-refractivity contribution in [2.75, 3.05) is 18.5 Å². The van der Waals surface area contributed by atoms with Crippen LogP contribution in [0.15, 0.2) is 47.6 Å². The van der Waals surface area contributed by atoms with Crippen molar-refractivity contribution in [3.05, 3.63) is 47.5 Å². The van der Waals surface area contributed by atoms with E-state index in [1.54, 1.807) is 41.9 Å². The summed E-state index contributed by atoms with van der Waals surface area (Å²) in [6.07, 6.45) is 0. The molecule has 10 heteroatoms. The number of thioether (sulfide) groups is 1. The third-order valence-corrected chi connectivity index (χ3v) is 5.26. The number of ether oxygens (including phenoxy) is 2. The lowest BCUT2D eigenvalue weighted by Gasteiger charge is -2.19. The fourth-order valence-corrected chi connectivity index (χ4v) is 3.51. The molecule has 0 saturated carbocycles. The van der Waals surface area contributed by atoms with Gasteiger partial charge in [0, 0.05) is 16.8 Å². The maximum Gasteiger partial charge on any atom is 0.237 e. The fraction of sp³-hybridized carbons (Fsp3) is 0.222. The molecular formula is C18H16ClN5O3S. The summed E-state index contributed by atoms with van der Waals surface area (Å²) in [7, 11) is 0. The molecule has 0 fully saturated rings. The summed E-state index contributed by atoms with van der Waals surface area (Å²) in [5.74, 6) is 1.12. The minimum Gasteiger partial charge on any atom is -0.486 e. The summed E-state index contributed by atoms with van der Waals surface area (Å²) in [4.78, 5) is 12.6. The molecule has 0 aliphatic carbocycles. The molecule has 8 nitrogen and oxygen atoms in total. The van der Waals surface area contributed by atoms with Crippen LogP contribution >= 0.6 is 23.4 Å². The Hall–Kier alpha value is -2.78. The van der Waals surface area contributed by atoms with Crippen molar-refractivity contribution in [1.82, 2.24) is 20.2 Å². The van der Waals surface area contributed by atoms with Crippen LogP contribution in [0.3, 0.4) is 0 Å². The lowest BCUT2D eigenvalue weighted by Crippen LogP contribution is -2.23. The van der Waals surface area contributed by atoms with Crippen molar-refractivity contribution in [2.24, 2.45) is 0 Å². The van der Waals surface area contributed by atoms with Crippen LogP contribution in [0, 0.1) is 0 Å². The number of rotatable bonds is 5. The highest BCUT2D eigenvalue weighted by molar-refractivity contribution is 8.00. The van der Waals surface area contributed by atoms with Crippen LogP contribution in [0.4, 0.5) is 5.69 Å². The molecule has 28 heavy (non-hydrogen) atoms.